The van der Waals surface area contributed by atoms with E-state index in [9.17, 15) is 24.0 Å². The van der Waals surface area contributed by atoms with Crippen LogP contribution >= 0.6 is 0 Å². The first-order chi connectivity index (χ1) is 11.0. The molecule has 0 fully saturated rings. The molecular formula is C13H21N3O8. The Morgan fingerprint density at radius 2 is 1.38 bits per heavy atom. The highest BCUT2D eigenvalue weighted by atomic mass is 16.4. The molecule has 0 aliphatic rings. The molecule has 0 rings (SSSR count). The van der Waals surface area contributed by atoms with Crippen molar-refractivity contribution in [3.05, 3.63) is 0 Å². The van der Waals surface area contributed by atoms with Crippen LogP contribution in [0.1, 0.15) is 32.6 Å². The second kappa shape index (κ2) is 10.2. The standard InChI is InChI=1S/C13H21N3O8/c1-6(13(23)24)15-12(22)8(3-5-10(19)20)16-11(21)7(14)2-4-9(17)18/h6-8H,2-5,14H2,1H3,(H,15,22)(H,16,21)(H,17,18)(H,19,20)(H,23,24)/t6-,7-,8-/m0/s1. The fourth-order valence-electron chi connectivity index (χ4n) is 1.60. The molecule has 2 amide bonds. The normalized spacial score (nSPS) is 14.1. The minimum absolute atomic E-state index is 0.167. The van der Waals surface area contributed by atoms with Gasteiger partial charge in [-0.15, -0.1) is 0 Å². The number of carbonyl (C=O) groups excluding carboxylic acids is 2. The number of carboxylic acid groups (broad SMARTS) is 3. The molecule has 0 aromatic heterocycles. The topological polar surface area (TPSA) is 196 Å². The monoisotopic (exact) mass is 347 g/mol. The summed E-state index contributed by atoms with van der Waals surface area (Å²) in [6, 6.07) is -3.73. The lowest BCUT2D eigenvalue weighted by Crippen LogP contribution is -2.54. The van der Waals surface area contributed by atoms with Gasteiger partial charge < -0.3 is 31.7 Å². The molecular weight excluding hydrogens is 326 g/mol. The minimum Gasteiger partial charge on any atom is -0.481 e. The summed E-state index contributed by atoms with van der Waals surface area (Å²) < 4.78 is 0. The van der Waals surface area contributed by atoms with Crippen LogP contribution in [0, 0.1) is 0 Å². The van der Waals surface area contributed by atoms with E-state index in [0.717, 1.165) is 0 Å². The van der Waals surface area contributed by atoms with E-state index in [2.05, 4.69) is 10.6 Å². The molecule has 11 nitrogen and oxygen atoms in total. The van der Waals surface area contributed by atoms with Crippen LogP contribution in [0.25, 0.3) is 0 Å². The van der Waals surface area contributed by atoms with Gasteiger partial charge in [-0.05, 0) is 19.8 Å². The molecule has 0 saturated heterocycles. The van der Waals surface area contributed by atoms with Crippen LogP contribution in [0.3, 0.4) is 0 Å². The molecule has 3 atom stereocenters. The highest BCUT2D eigenvalue weighted by Crippen LogP contribution is 2.02. The second-order valence-electron chi connectivity index (χ2n) is 5.10. The fourth-order valence-corrected chi connectivity index (χ4v) is 1.60. The van der Waals surface area contributed by atoms with Crippen LogP contribution in [0.2, 0.25) is 0 Å². The van der Waals surface area contributed by atoms with Crippen LogP contribution in [-0.4, -0.2) is 63.2 Å². The molecule has 11 heteroatoms. The van der Waals surface area contributed by atoms with Gasteiger partial charge in [0.25, 0.3) is 0 Å². The Labute approximate surface area is 137 Å². The predicted molar refractivity (Wildman–Crippen MR) is 78.9 cm³/mol. The van der Waals surface area contributed by atoms with Crippen molar-refractivity contribution in [2.24, 2.45) is 5.73 Å². The van der Waals surface area contributed by atoms with E-state index in [4.69, 9.17) is 21.1 Å². The molecule has 0 saturated carbocycles. The van der Waals surface area contributed by atoms with Gasteiger partial charge in [0.2, 0.25) is 11.8 Å². The molecule has 0 aliphatic heterocycles. The van der Waals surface area contributed by atoms with Crippen LogP contribution in [0.5, 0.6) is 0 Å². The van der Waals surface area contributed by atoms with E-state index < -0.39 is 54.3 Å². The second-order valence-corrected chi connectivity index (χ2v) is 5.10. The predicted octanol–water partition coefficient (Wildman–Crippen LogP) is -1.88. The van der Waals surface area contributed by atoms with Crippen LogP contribution in [0.4, 0.5) is 0 Å². The molecule has 24 heavy (non-hydrogen) atoms. The Morgan fingerprint density at radius 1 is 0.875 bits per heavy atom. The summed E-state index contributed by atoms with van der Waals surface area (Å²) in [5, 5.41) is 30.3. The van der Waals surface area contributed by atoms with Gasteiger partial charge in [0.15, 0.2) is 0 Å². The van der Waals surface area contributed by atoms with Crippen LogP contribution in [0.15, 0.2) is 0 Å². The molecule has 0 aromatic rings. The molecule has 0 radical (unpaired) electrons. The maximum atomic E-state index is 12.0. The van der Waals surface area contributed by atoms with Crippen molar-refractivity contribution >= 4 is 29.7 Å². The zero-order chi connectivity index (χ0) is 18.9. The number of nitrogens with two attached hydrogens (primary N) is 1. The largest absolute Gasteiger partial charge is 0.481 e. The smallest absolute Gasteiger partial charge is 0.325 e. The SMILES string of the molecule is C[C@H](NC(=O)[C@H](CCC(=O)O)NC(=O)[C@@H](N)CCC(=O)O)C(=O)O. The zero-order valence-corrected chi connectivity index (χ0v) is 13.0. The van der Waals surface area contributed by atoms with E-state index in [1.807, 2.05) is 0 Å². The Kier molecular flexibility index (Phi) is 9.02. The number of nitrogens with one attached hydrogen (secondary N) is 2. The van der Waals surface area contributed by atoms with E-state index >= 15 is 0 Å². The number of hydrogen-bond donors (Lipinski definition) is 6. The average Bonchev–Trinajstić information content (AvgIpc) is 2.47. The van der Waals surface area contributed by atoms with E-state index in [0.29, 0.717) is 0 Å². The lowest BCUT2D eigenvalue weighted by molar-refractivity contribution is -0.142. The molecule has 0 spiro atoms. The third kappa shape index (κ3) is 8.68. The van der Waals surface area contributed by atoms with E-state index in [-0.39, 0.29) is 19.3 Å². The Bertz CT molecular complexity index is 507. The summed E-state index contributed by atoms with van der Waals surface area (Å²) in [4.78, 5) is 55.6. The summed E-state index contributed by atoms with van der Waals surface area (Å²) in [6.07, 6.45) is -1.23. The van der Waals surface area contributed by atoms with Crippen molar-refractivity contribution in [2.45, 2.75) is 50.7 Å². The Hall–Kier alpha value is -2.69. The first-order valence-corrected chi connectivity index (χ1v) is 7.07. The molecule has 0 unspecified atom stereocenters. The van der Waals surface area contributed by atoms with Crippen molar-refractivity contribution in [2.75, 3.05) is 0 Å². The number of aliphatic carboxylic acids is 3. The Morgan fingerprint density at radius 3 is 1.83 bits per heavy atom. The van der Waals surface area contributed by atoms with Crippen molar-refractivity contribution in [1.82, 2.24) is 10.6 Å². The van der Waals surface area contributed by atoms with Gasteiger partial charge in [-0.25, -0.2) is 0 Å². The molecule has 0 heterocycles. The number of carboxylic acids is 3. The van der Waals surface area contributed by atoms with Gasteiger partial charge in [0, 0.05) is 12.8 Å². The summed E-state index contributed by atoms with van der Waals surface area (Å²) in [7, 11) is 0. The van der Waals surface area contributed by atoms with Crippen LogP contribution in [-0.2, 0) is 24.0 Å². The summed E-state index contributed by atoms with van der Waals surface area (Å²) in [5.74, 6) is -5.35. The maximum absolute atomic E-state index is 12.0. The number of amides is 2. The van der Waals surface area contributed by atoms with Crippen molar-refractivity contribution in [1.29, 1.82) is 0 Å². The summed E-state index contributed by atoms with van der Waals surface area (Å²) in [5.41, 5.74) is 5.50. The third-order valence-electron chi connectivity index (χ3n) is 3.02. The van der Waals surface area contributed by atoms with Gasteiger partial charge in [-0.2, -0.15) is 0 Å². The number of carbonyl (C=O) groups is 5. The first kappa shape index (κ1) is 21.3. The van der Waals surface area contributed by atoms with Crippen molar-refractivity contribution in [3.8, 4) is 0 Å². The lowest BCUT2D eigenvalue weighted by Gasteiger charge is -2.21. The summed E-state index contributed by atoms with van der Waals surface area (Å²) in [6.45, 7) is 1.20. The van der Waals surface area contributed by atoms with Gasteiger partial charge in [-0.3, -0.25) is 24.0 Å². The Balaban J connectivity index is 4.83. The molecule has 0 bridgehead atoms. The maximum Gasteiger partial charge on any atom is 0.325 e. The lowest BCUT2D eigenvalue weighted by atomic mass is 10.1. The molecule has 136 valence electrons. The first-order valence-electron chi connectivity index (χ1n) is 7.07. The summed E-state index contributed by atoms with van der Waals surface area (Å²) >= 11 is 0. The molecule has 0 aromatic carbocycles. The fraction of sp³-hybridized carbons (Fsp3) is 0.615. The third-order valence-corrected chi connectivity index (χ3v) is 3.02. The van der Waals surface area contributed by atoms with Gasteiger partial charge >= 0.3 is 17.9 Å². The highest BCUT2D eigenvalue weighted by Gasteiger charge is 2.26. The van der Waals surface area contributed by atoms with Crippen LogP contribution < -0.4 is 16.4 Å². The number of rotatable bonds is 11. The van der Waals surface area contributed by atoms with Crippen molar-refractivity contribution in [3.63, 3.8) is 0 Å². The average molecular weight is 347 g/mol. The van der Waals surface area contributed by atoms with Gasteiger partial charge in [0.05, 0.1) is 6.04 Å². The van der Waals surface area contributed by atoms with Gasteiger partial charge in [0.1, 0.15) is 12.1 Å². The van der Waals surface area contributed by atoms with Gasteiger partial charge in [-0.1, -0.05) is 0 Å². The van der Waals surface area contributed by atoms with E-state index in [1.165, 1.54) is 6.92 Å². The van der Waals surface area contributed by atoms with Crippen molar-refractivity contribution < 1.29 is 39.3 Å². The number of hydrogen-bond acceptors (Lipinski definition) is 6. The minimum atomic E-state index is -1.30. The van der Waals surface area contributed by atoms with E-state index in [1.54, 1.807) is 0 Å². The molecule has 0 aliphatic carbocycles. The highest BCUT2D eigenvalue weighted by molar-refractivity contribution is 5.92. The molecule has 7 N–H and O–H groups in total. The quantitative estimate of drug-likeness (QED) is 0.248. The zero-order valence-electron chi connectivity index (χ0n) is 13.0.